The number of benzene rings is 1. The molecular weight excluding hydrogens is 308 g/mol. The highest BCUT2D eigenvalue weighted by molar-refractivity contribution is 5.91. The summed E-state index contributed by atoms with van der Waals surface area (Å²) in [5, 5.41) is 14.8. The number of anilines is 1. The van der Waals surface area contributed by atoms with Gasteiger partial charge in [-0.05, 0) is 50.8 Å². The number of carbonyl (C=O) groups is 3. The van der Waals surface area contributed by atoms with E-state index in [4.69, 9.17) is 0 Å². The molecule has 0 radical (unpaired) electrons. The Morgan fingerprint density at radius 2 is 1.79 bits per heavy atom. The van der Waals surface area contributed by atoms with Crippen molar-refractivity contribution in [3.8, 4) is 0 Å². The Morgan fingerprint density at radius 1 is 1.17 bits per heavy atom. The normalized spacial score (nSPS) is 14.1. The molecule has 1 fully saturated rings. The molecule has 0 unspecified atom stereocenters. The number of carboxylic acids is 1. The van der Waals surface area contributed by atoms with Gasteiger partial charge in [-0.1, -0.05) is 12.1 Å². The Bertz CT molecular complexity index is 618. The quantitative estimate of drug-likeness (QED) is 0.637. The van der Waals surface area contributed by atoms with E-state index in [1.165, 1.54) is 0 Å². The van der Waals surface area contributed by atoms with Crippen molar-refractivity contribution in [3.05, 3.63) is 29.8 Å². The van der Waals surface area contributed by atoms with Gasteiger partial charge in [0.25, 0.3) is 0 Å². The molecule has 0 aliphatic heterocycles. The fourth-order valence-corrected chi connectivity index (χ4v) is 2.27. The average molecular weight is 332 g/mol. The molecule has 1 aromatic rings. The fraction of sp³-hybridized carbons (Fsp3) is 0.500. The van der Waals surface area contributed by atoms with Gasteiger partial charge in [-0.3, -0.25) is 14.4 Å². The summed E-state index contributed by atoms with van der Waals surface area (Å²) in [6.45, 7) is 3.78. The van der Waals surface area contributed by atoms with Gasteiger partial charge in [0.1, 0.15) is 0 Å². The van der Waals surface area contributed by atoms with Crippen molar-refractivity contribution in [1.29, 1.82) is 0 Å². The molecule has 1 aliphatic rings. The number of rotatable bonds is 8. The standard InChI is InChI=1S/C18H24N2O4/c1-18(2,17(23)24)13-7-9-14(10-8-13)20-15(21)4-3-11-19-16(22)12-5-6-12/h7-10,12H,3-6,11H2,1-2H3,(H,19,22)(H,20,21)(H,23,24). The Kier molecular flexibility index (Phi) is 5.59. The number of carbonyl (C=O) groups excluding carboxylic acids is 2. The van der Waals surface area contributed by atoms with Crippen LogP contribution in [0.5, 0.6) is 0 Å². The lowest BCUT2D eigenvalue weighted by molar-refractivity contribution is -0.142. The smallest absolute Gasteiger partial charge is 0.313 e. The van der Waals surface area contributed by atoms with Gasteiger partial charge in [0.15, 0.2) is 0 Å². The van der Waals surface area contributed by atoms with Crippen LogP contribution in [-0.4, -0.2) is 29.4 Å². The van der Waals surface area contributed by atoms with Crippen LogP contribution in [0.2, 0.25) is 0 Å². The van der Waals surface area contributed by atoms with Gasteiger partial charge in [-0.2, -0.15) is 0 Å². The van der Waals surface area contributed by atoms with Crippen molar-refractivity contribution in [2.45, 2.75) is 44.9 Å². The Morgan fingerprint density at radius 3 is 2.33 bits per heavy atom. The molecule has 130 valence electrons. The molecule has 3 N–H and O–H groups in total. The van der Waals surface area contributed by atoms with Gasteiger partial charge in [-0.25, -0.2) is 0 Å². The van der Waals surface area contributed by atoms with E-state index < -0.39 is 11.4 Å². The van der Waals surface area contributed by atoms with Crippen LogP contribution in [0, 0.1) is 5.92 Å². The molecule has 6 nitrogen and oxygen atoms in total. The van der Waals surface area contributed by atoms with Gasteiger partial charge in [-0.15, -0.1) is 0 Å². The van der Waals surface area contributed by atoms with Gasteiger partial charge in [0.05, 0.1) is 5.41 Å². The molecule has 6 heteroatoms. The molecule has 0 aromatic heterocycles. The highest BCUT2D eigenvalue weighted by Crippen LogP contribution is 2.28. The van der Waals surface area contributed by atoms with Gasteiger partial charge in [0, 0.05) is 24.6 Å². The fourth-order valence-electron chi connectivity index (χ4n) is 2.27. The van der Waals surface area contributed by atoms with Crippen LogP contribution in [0.15, 0.2) is 24.3 Å². The maximum absolute atomic E-state index is 11.9. The zero-order chi connectivity index (χ0) is 17.7. The van der Waals surface area contributed by atoms with Crippen LogP contribution in [-0.2, 0) is 19.8 Å². The van der Waals surface area contributed by atoms with Gasteiger partial charge < -0.3 is 15.7 Å². The van der Waals surface area contributed by atoms with Gasteiger partial charge >= 0.3 is 5.97 Å². The van der Waals surface area contributed by atoms with Gasteiger partial charge in [0.2, 0.25) is 11.8 Å². The second-order valence-electron chi connectivity index (χ2n) is 6.72. The minimum absolute atomic E-state index is 0.0899. The second kappa shape index (κ2) is 7.47. The molecule has 0 heterocycles. The molecular formula is C18H24N2O4. The van der Waals surface area contributed by atoms with E-state index in [9.17, 15) is 19.5 Å². The predicted octanol–water partition coefficient (Wildman–Crippen LogP) is 2.29. The minimum atomic E-state index is -0.970. The van der Waals surface area contributed by atoms with E-state index in [1.54, 1.807) is 38.1 Å². The highest BCUT2D eigenvalue weighted by Gasteiger charge is 2.29. The van der Waals surface area contributed by atoms with Crippen LogP contribution in [0.3, 0.4) is 0 Å². The van der Waals surface area contributed by atoms with Crippen molar-refractivity contribution in [2.75, 3.05) is 11.9 Å². The monoisotopic (exact) mass is 332 g/mol. The molecule has 0 spiro atoms. The molecule has 1 aromatic carbocycles. The number of nitrogens with one attached hydrogen (secondary N) is 2. The minimum Gasteiger partial charge on any atom is -0.481 e. The summed E-state index contributed by atoms with van der Waals surface area (Å²) in [7, 11) is 0. The summed E-state index contributed by atoms with van der Waals surface area (Å²) in [5.41, 5.74) is 0.338. The topological polar surface area (TPSA) is 95.5 Å². The highest BCUT2D eigenvalue weighted by atomic mass is 16.4. The van der Waals surface area contributed by atoms with E-state index in [-0.39, 0.29) is 17.7 Å². The molecule has 1 saturated carbocycles. The maximum Gasteiger partial charge on any atom is 0.313 e. The summed E-state index contributed by atoms with van der Waals surface area (Å²) in [5.74, 6) is -0.743. The first-order valence-corrected chi connectivity index (χ1v) is 8.22. The Labute approximate surface area is 141 Å². The Balaban J connectivity index is 1.75. The molecule has 1 aliphatic carbocycles. The van der Waals surface area contributed by atoms with E-state index in [1.807, 2.05) is 0 Å². The molecule has 0 bridgehead atoms. The molecule has 0 atom stereocenters. The van der Waals surface area contributed by atoms with Crippen molar-refractivity contribution in [2.24, 2.45) is 5.92 Å². The van der Waals surface area contributed by atoms with Crippen LogP contribution >= 0.6 is 0 Å². The van der Waals surface area contributed by atoms with Crippen LogP contribution in [0.25, 0.3) is 0 Å². The largest absolute Gasteiger partial charge is 0.481 e. The lowest BCUT2D eigenvalue weighted by atomic mass is 9.85. The van der Waals surface area contributed by atoms with Crippen molar-refractivity contribution < 1.29 is 19.5 Å². The summed E-state index contributed by atoms with van der Waals surface area (Å²) >= 11 is 0. The third-order valence-electron chi connectivity index (χ3n) is 4.25. The SMILES string of the molecule is CC(C)(C(=O)O)c1ccc(NC(=O)CCCNC(=O)C2CC2)cc1. The third kappa shape index (κ3) is 4.81. The third-order valence-corrected chi connectivity index (χ3v) is 4.25. The van der Waals surface area contributed by atoms with Crippen molar-refractivity contribution in [1.82, 2.24) is 5.32 Å². The van der Waals surface area contributed by atoms with Crippen molar-refractivity contribution in [3.63, 3.8) is 0 Å². The summed E-state index contributed by atoms with van der Waals surface area (Å²) in [4.78, 5) is 34.5. The van der Waals surface area contributed by atoms with Crippen molar-refractivity contribution >= 4 is 23.5 Å². The van der Waals surface area contributed by atoms with E-state index in [2.05, 4.69) is 10.6 Å². The summed E-state index contributed by atoms with van der Waals surface area (Å²) in [6, 6.07) is 6.82. The number of carboxylic acid groups (broad SMARTS) is 1. The first-order chi connectivity index (χ1) is 11.3. The zero-order valence-corrected chi connectivity index (χ0v) is 14.1. The Hall–Kier alpha value is -2.37. The molecule has 0 saturated heterocycles. The van der Waals surface area contributed by atoms with E-state index in [0.717, 1.165) is 12.8 Å². The number of aliphatic carboxylic acids is 1. The first kappa shape index (κ1) is 18.0. The lowest BCUT2D eigenvalue weighted by Crippen LogP contribution is -2.28. The maximum atomic E-state index is 11.9. The van der Waals surface area contributed by atoms with Crippen LogP contribution in [0.1, 0.15) is 45.1 Å². The summed E-state index contributed by atoms with van der Waals surface area (Å²) < 4.78 is 0. The summed E-state index contributed by atoms with van der Waals surface area (Å²) in [6.07, 6.45) is 2.86. The molecule has 2 amide bonds. The first-order valence-electron chi connectivity index (χ1n) is 8.22. The second-order valence-corrected chi connectivity index (χ2v) is 6.72. The van der Waals surface area contributed by atoms with Crippen LogP contribution < -0.4 is 10.6 Å². The average Bonchev–Trinajstić information content (AvgIpc) is 3.36. The zero-order valence-electron chi connectivity index (χ0n) is 14.1. The lowest BCUT2D eigenvalue weighted by Gasteiger charge is -2.19. The molecule has 2 rings (SSSR count). The number of hydrogen-bond donors (Lipinski definition) is 3. The predicted molar refractivity (Wildman–Crippen MR) is 90.7 cm³/mol. The van der Waals surface area contributed by atoms with E-state index in [0.29, 0.717) is 30.6 Å². The number of amides is 2. The number of hydrogen-bond acceptors (Lipinski definition) is 3. The molecule has 24 heavy (non-hydrogen) atoms. The van der Waals surface area contributed by atoms with E-state index >= 15 is 0 Å². The van der Waals surface area contributed by atoms with Crippen LogP contribution in [0.4, 0.5) is 5.69 Å².